The smallest absolute Gasteiger partial charge is 0.305 e. The Balaban J connectivity index is 4.24. The SMILES string of the molecule is COC(=O)CC/C=C(/CC(C)=O)C(C)=O. The van der Waals surface area contributed by atoms with E-state index in [1.807, 2.05) is 0 Å². The molecule has 0 heterocycles. The maximum atomic E-state index is 11.1. The van der Waals surface area contributed by atoms with Gasteiger partial charge in [-0.15, -0.1) is 0 Å². The van der Waals surface area contributed by atoms with Crippen molar-refractivity contribution in [3.05, 3.63) is 11.6 Å². The summed E-state index contributed by atoms with van der Waals surface area (Å²) in [6, 6.07) is 0. The van der Waals surface area contributed by atoms with Crippen molar-refractivity contribution >= 4 is 17.5 Å². The number of carbonyl (C=O) groups is 3. The average Bonchev–Trinajstić information content (AvgIpc) is 2.15. The lowest BCUT2D eigenvalue weighted by atomic mass is 10.0. The lowest BCUT2D eigenvalue weighted by molar-refractivity contribution is -0.140. The summed E-state index contributed by atoms with van der Waals surface area (Å²) < 4.78 is 4.45. The van der Waals surface area contributed by atoms with Gasteiger partial charge < -0.3 is 4.74 Å². The molecule has 0 bridgehead atoms. The number of allylic oxidation sites excluding steroid dienone is 2. The quantitative estimate of drug-likeness (QED) is 0.493. The number of carbonyl (C=O) groups excluding carboxylic acids is 3. The third-order valence-corrected chi connectivity index (χ3v) is 1.86. The average molecular weight is 212 g/mol. The Bertz CT molecular complexity index is 289. The van der Waals surface area contributed by atoms with E-state index >= 15 is 0 Å². The molecule has 0 unspecified atom stereocenters. The summed E-state index contributed by atoms with van der Waals surface area (Å²) in [7, 11) is 1.31. The number of Topliss-reactive ketones (excluding diaryl/α,β-unsaturated/α-hetero) is 2. The largest absolute Gasteiger partial charge is 0.469 e. The number of methoxy groups -OCH3 is 1. The van der Waals surface area contributed by atoms with Gasteiger partial charge in [-0.1, -0.05) is 6.08 Å². The second-order valence-electron chi connectivity index (χ2n) is 3.28. The van der Waals surface area contributed by atoms with Gasteiger partial charge in [-0.2, -0.15) is 0 Å². The molecule has 0 saturated heterocycles. The van der Waals surface area contributed by atoms with Gasteiger partial charge in [0, 0.05) is 12.8 Å². The number of esters is 1. The molecule has 0 atom stereocenters. The van der Waals surface area contributed by atoms with E-state index in [1.165, 1.54) is 21.0 Å². The van der Waals surface area contributed by atoms with Crippen LogP contribution in [0.2, 0.25) is 0 Å². The molecule has 0 aromatic rings. The van der Waals surface area contributed by atoms with Gasteiger partial charge >= 0.3 is 5.97 Å². The minimum Gasteiger partial charge on any atom is -0.469 e. The highest BCUT2D eigenvalue weighted by atomic mass is 16.5. The molecule has 0 aliphatic heterocycles. The van der Waals surface area contributed by atoms with Crippen molar-refractivity contribution in [2.75, 3.05) is 7.11 Å². The second kappa shape index (κ2) is 6.92. The van der Waals surface area contributed by atoms with E-state index < -0.39 is 0 Å². The van der Waals surface area contributed by atoms with E-state index in [9.17, 15) is 14.4 Å². The number of hydrogen-bond donors (Lipinski definition) is 0. The zero-order chi connectivity index (χ0) is 11.8. The lowest BCUT2D eigenvalue weighted by Gasteiger charge is -2.00. The highest BCUT2D eigenvalue weighted by molar-refractivity contribution is 5.98. The third-order valence-electron chi connectivity index (χ3n) is 1.86. The molecule has 0 aliphatic carbocycles. The molecule has 0 amide bonds. The van der Waals surface area contributed by atoms with Crippen molar-refractivity contribution in [3.8, 4) is 0 Å². The third kappa shape index (κ3) is 6.60. The van der Waals surface area contributed by atoms with Crippen LogP contribution in [0.25, 0.3) is 0 Å². The Morgan fingerprint density at radius 3 is 2.20 bits per heavy atom. The van der Waals surface area contributed by atoms with Crippen LogP contribution in [0.3, 0.4) is 0 Å². The maximum absolute atomic E-state index is 11.1. The predicted octanol–water partition coefficient (Wildman–Crippen LogP) is 1.43. The molecule has 0 aromatic heterocycles. The first-order valence-electron chi connectivity index (χ1n) is 4.73. The van der Waals surface area contributed by atoms with E-state index in [-0.39, 0.29) is 30.4 Å². The maximum Gasteiger partial charge on any atom is 0.305 e. The standard InChI is InChI=1S/C11H16O4/c1-8(12)7-10(9(2)13)5-4-6-11(14)15-3/h5H,4,6-7H2,1-3H3/b10-5-. The molecule has 0 aliphatic rings. The van der Waals surface area contributed by atoms with Crippen LogP contribution in [0.15, 0.2) is 11.6 Å². The summed E-state index contributed by atoms with van der Waals surface area (Å²) in [5.41, 5.74) is 0.464. The molecular formula is C11H16O4. The number of ether oxygens (including phenoxy) is 1. The second-order valence-corrected chi connectivity index (χ2v) is 3.28. The Kier molecular flexibility index (Phi) is 6.25. The van der Waals surface area contributed by atoms with Crippen LogP contribution in [0.1, 0.15) is 33.1 Å². The molecule has 4 nitrogen and oxygen atoms in total. The van der Waals surface area contributed by atoms with Gasteiger partial charge in [0.05, 0.1) is 7.11 Å². The van der Waals surface area contributed by atoms with Crippen LogP contribution in [0.5, 0.6) is 0 Å². The Morgan fingerprint density at radius 1 is 1.20 bits per heavy atom. The van der Waals surface area contributed by atoms with Crippen LogP contribution < -0.4 is 0 Å². The van der Waals surface area contributed by atoms with Crippen LogP contribution in [0.4, 0.5) is 0 Å². The predicted molar refractivity (Wildman–Crippen MR) is 55.3 cm³/mol. The molecule has 4 heteroatoms. The minimum atomic E-state index is -0.322. The van der Waals surface area contributed by atoms with Crippen molar-refractivity contribution in [1.82, 2.24) is 0 Å². The Morgan fingerprint density at radius 2 is 1.80 bits per heavy atom. The minimum absolute atomic E-state index is 0.0606. The summed E-state index contributed by atoms with van der Waals surface area (Å²) >= 11 is 0. The van der Waals surface area contributed by atoms with Crippen molar-refractivity contribution in [2.45, 2.75) is 33.1 Å². The van der Waals surface area contributed by atoms with Crippen molar-refractivity contribution in [1.29, 1.82) is 0 Å². The van der Waals surface area contributed by atoms with Gasteiger partial charge in [-0.3, -0.25) is 14.4 Å². The van der Waals surface area contributed by atoms with Gasteiger partial charge in [-0.25, -0.2) is 0 Å². The summed E-state index contributed by atoms with van der Waals surface area (Å²) in [6.07, 6.45) is 2.41. The first-order valence-corrected chi connectivity index (χ1v) is 4.73. The van der Waals surface area contributed by atoms with E-state index in [4.69, 9.17) is 0 Å². The summed E-state index contributed by atoms with van der Waals surface area (Å²) in [5, 5.41) is 0. The lowest BCUT2D eigenvalue weighted by Crippen LogP contribution is -2.03. The van der Waals surface area contributed by atoms with E-state index in [2.05, 4.69) is 4.74 Å². The molecular weight excluding hydrogens is 196 g/mol. The molecule has 0 aromatic carbocycles. The fraction of sp³-hybridized carbons (Fsp3) is 0.545. The van der Waals surface area contributed by atoms with Gasteiger partial charge in [-0.05, 0) is 25.8 Å². The highest BCUT2D eigenvalue weighted by Crippen LogP contribution is 2.07. The number of ketones is 2. The molecule has 84 valence electrons. The fourth-order valence-electron chi connectivity index (χ4n) is 1.07. The van der Waals surface area contributed by atoms with Crippen molar-refractivity contribution in [2.24, 2.45) is 0 Å². The fourth-order valence-corrected chi connectivity index (χ4v) is 1.07. The normalized spacial score (nSPS) is 11.0. The van der Waals surface area contributed by atoms with Crippen LogP contribution >= 0.6 is 0 Å². The van der Waals surface area contributed by atoms with Gasteiger partial charge in [0.1, 0.15) is 5.78 Å². The Hall–Kier alpha value is -1.45. The molecule has 0 spiro atoms. The van der Waals surface area contributed by atoms with Crippen LogP contribution in [-0.4, -0.2) is 24.6 Å². The first-order chi connectivity index (χ1) is 6.97. The van der Waals surface area contributed by atoms with E-state index in [0.717, 1.165) is 0 Å². The zero-order valence-corrected chi connectivity index (χ0v) is 9.33. The molecule has 0 saturated carbocycles. The van der Waals surface area contributed by atoms with Crippen LogP contribution in [0, 0.1) is 0 Å². The molecule has 0 radical (unpaired) electrons. The van der Waals surface area contributed by atoms with Crippen LogP contribution in [-0.2, 0) is 19.1 Å². The van der Waals surface area contributed by atoms with Gasteiger partial charge in [0.15, 0.2) is 5.78 Å². The first kappa shape index (κ1) is 13.5. The van der Waals surface area contributed by atoms with Gasteiger partial charge in [0.25, 0.3) is 0 Å². The van der Waals surface area contributed by atoms with Crippen molar-refractivity contribution < 1.29 is 19.1 Å². The molecule has 0 rings (SSSR count). The summed E-state index contributed by atoms with van der Waals surface area (Å²) in [4.78, 5) is 32.7. The summed E-state index contributed by atoms with van der Waals surface area (Å²) in [5.74, 6) is -0.512. The molecule has 0 fully saturated rings. The zero-order valence-electron chi connectivity index (χ0n) is 9.33. The van der Waals surface area contributed by atoms with Gasteiger partial charge in [0.2, 0.25) is 0 Å². The highest BCUT2D eigenvalue weighted by Gasteiger charge is 2.07. The van der Waals surface area contributed by atoms with E-state index in [0.29, 0.717) is 12.0 Å². The topological polar surface area (TPSA) is 60.4 Å². The molecule has 0 N–H and O–H groups in total. The monoisotopic (exact) mass is 212 g/mol. The molecule has 15 heavy (non-hydrogen) atoms. The number of hydrogen-bond acceptors (Lipinski definition) is 4. The van der Waals surface area contributed by atoms with E-state index in [1.54, 1.807) is 6.08 Å². The Labute approximate surface area is 89.3 Å². The van der Waals surface area contributed by atoms with Crippen molar-refractivity contribution in [3.63, 3.8) is 0 Å². The summed E-state index contributed by atoms with van der Waals surface area (Å²) in [6.45, 7) is 2.84. The number of rotatable bonds is 6.